The van der Waals surface area contributed by atoms with Crippen LogP contribution in [0.1, 0.15) is 6.92 Å². The molecule has 1 unspecified atom stereocenters. The highest BCUT2D eigenvalue weighted by atomic mass is 32.2. The van der Waals surface area contributed by atoms with E-state index in [1.807, 2.05) is 25.7 Å². The number of nitrogens with zero attached hydrogens (tertiary/aromatic N) is 1. The topological polar surface area (TPSA) is 23.5 Å². The summed E-state index contributed by atoms with van der Waals surface area (Å²) in [6.07, 6.45) is 1.89. The van der Waals surface area contributed by atoms with Gasteiger partial charge in [0.25, 0.3) is 0 Å². The van der Waals surface area contributed by atoms with E-state index in [0.717, 1.165) is 18.8 Å². The lowest BCUT2D eigenvalue weighted by atomic mass is 10.4. The van der Waals surface area contributed by atoms with Gasteiger partial charge in [-0.25, -0.2) is 0 Å². The fourth-order valence-corrected chi connectivity index (χ4v) is 1.28. The van der Waals surface area contributed by atoms with Crippen LogP contribution in [0, 0.1) is 0 Å². The molecule has 0 heterocycles. The second kappa shape index (κ2) is 6.01. The molecule has 0 aliphatic rings. The molecule has 2 nitrogen and oxygen atoms in total. The van der Waals surface area contributed by atoms with E-state index in [1.165, 1.54) is 0 Å². The second-order valence-corrected chi connectivity index (χ2v) is 3.59. The Morgan fingerprint density at radius 3 is 2.60 bits per heavy atom. The van der Waals surface area contributed by atoms with Crippen LogP contribution in [-0.4, -0.2) is 48.3 Å². The summed E-state index contributed by atoms with van der Waals surface area (Å²) in [6.45, 7) is 3.65. The summed E-state index contributed by atoms with van der Waals surface area (Å²) in [7, 11) is 2.03. The quantitative estimate of drug-likeness (QED) is 0.644. The summed E-state index contributed by atoms with van der Waals surface area (Å²) in [6, 6.07) is 0. The van der Waals surface area contributed by atoms with Gasteiger partial charge in [0.1, 0.15) is 0 Å². The van der Waals surface area contributed by atoms with Gasteiger partial charge in [0, 0.05) is 18.8 Å². The van der Waals surface area contributed by atoms with Crippen molar-refractivity contribution in [2.45, 2.75) is 13.0 Å². The van der Waals surface area contributed by atoms with Gasteiger partial charge in [-0.3, -0.25) is 0 Å². The lowest BCUT2D eigenvalue weighted by Gasteiger charge is -2.16. The summed E-state index contributed by atoms with van der Waals surface area (Å²) >= 11 is 1.83. The van der Waals surface area contributed by atoms with Crippen LogP contribution in [0.3, 0.4) is 0 Å². The molecule has 0 aliphatic carbocycles. The molecule has 0 aromatic heterocycles. The highest BCUT2D eigenvalue weighted by molar-refractivity contribution is 7.98. The Kier molecular flexibility index (Phi) is 6.17. The lowest BCUT2D eigenvalue weighted by molar-refractivity contribution is 0.145. The van der Waals surface area contributed by atoms with Crippen molar-refractivity contribution in [1.29, 1.82) is 0 Å². The Bertz CT molecular complexity index is 78.0. The predicted molar refractivity (Wildman–Crippen MR) is 47.6 cm³/mol. The Labute approximate surface area is 67.6 Å². The third kappa shape index (κ3) is 6.39. The Morgan fingerprint density at radius 2 is 2.20 bits per heavy atom. The van der Waals surface area contributed by atoms with Gasteiger partial charge in [0.05, 0.1) is 6.10 Å². The molecular weight excluding hydrogens is 146 g/mol. The molecule has 0 aromatic carbocycles. The Morgan fingerprint density at radius 1 is 1.60 bits per heavy atom. The molecule has 0 saturated carbocycles. The zero-order valence-electron chi connectivity index (χ0n) is 7.00. The molecule has 0 radical (unpaired) electrons. The average Bonchev–Trinajstić information content (AvgIpc) is 1.82. The predicted octanol–water partition coefficient (Wildman–Crippen LogP) is 0.662. The molecule has 0 bridgehead atoms. The molecule has 0 spiro atoms. The number of thioether (sulfide) groups is 1. The minimum absolute atomic E-state index is 0.202. The van der Waals surface area contributed by atoms with E-state index in [1.54, 1.807) is 0 Å². The molecule has 0 aromatic rings. The third-order valence-corrected chi connectivity index (χ3v) is 1.84. The smallest absolute Gasteiger partial charge is 0.0638 e. The average molecular weight is 163 g/mol. The number of hydrogen-bond acceptors (Lipinski definition) is 3. The van der Waals surface area contributed by atoms with Crippen molar-refractivity contribution in [2.24, 2.45) is 0 Å². The van der Waals surface area contributed by atoms with Crippen LogP contribution in [-0.2, 0) is 0 Å². The number of likely N-dealkylation sites (N-methyl/N-ethyl adjacent to an activating group) is 1. The van der Waals surface area contributed by atoms with Gasteiger partial charge in [-0.1, -0.05) is 0 Å². The van der Waals surface area contributed by atoms with Crippen molar-refractivity contribution in [3.63, 3.8) is 0 Å². The SMILES string of the molecule is CSCCN(C)CC(C)O. The highest BCUT2D eigenvalue weighted by Crippen LogP contribution is 1.94. The van der Waals surface area contributed by atoms with Gasteiger partial charge in [-0.15, -0.1) is 0 Å². The number of hydrogen-bond donors (Lipinski definition) is 1. The summed E-state index contributed by atoms with van der Waals surface area (Å²) in [5.74, 6) is 1.14. The first kappa shape index (κ1) is 10.3. The van der Waals surface area contributed by atoms with E-state index in [9.17, 15) is 0 Å². The van der Waals surface area contributed by atoms with Crippen molar-refractivity contribution in [2.75, 3.05) is 32.1 Å². The minimum atomic E-state index is -0.202. The fraction of sp³-hybridized carbons (Fsp3) is 1.00. The molecule has 3 heteroatoms. The first-order chi connectivity index (χ1) is 4.66. The van der Waals surface area contributed by atoms with Crippen molar-refractivity contribution < 1.29 is 5.11 Å². The summed E-state index contributed by atoms with van der Waals surface area (Å²) in [4.78, 5) is 2.14. The first-order valence-corrected chi connectivity index (χ1v) is 4.91. The van der Waals surface area contributed by atoms with Crippen LogP contribution in [0.15, 0.2) is 0 Å². The van der Waals surface area contributed by atoms with Crippen LogP contribution in [0.2, 0.25) is 0 Å². The normalized spacial score (nSPS) is 14.1. The van der Waals surface area contributed by atoms with Gasteiger partial charge in [0.15, 0.2) is 0 Å². The van der Waals surface area contributed by atoms with Gasteiger partial charge < -0.3 is 10.0 Å². The number of aliphatic hydroxyl groups is 1. The fourth-order valence-electron chi connectivity index (χ4n) is 0.789. The maximum Gasteiger partial charge on any atom is 0.0638 e. The molecule has 62 valence electrons. The highest BCUT2D eigenvalue weighted by Gasteiger charge is 2.00. The van der Waals surface area contributed by atoms with Crippen LogP contribution in [0.5, 0.6) is 0 Å². The largest absolute Gasteiger partial charge is 0.392 e. The molecule has 0 fully saturated rings. The number of rotatable bonds is 5. The van der Waals surface area contributed by atoms with Crippen LogP contribution in [0.4, 0.5) is 0 Å². The molecule has 0 saturated heterocycles. The van der Waals surface area contributed by atoms with Gasteiger partial charge >= 0.3 is 0 Å². The zero-order valence-corrected chi connectivity index (χ0v) is 7.82. The van der Waals surface area contributed by atoms with E-state index < -0.39 is 0 Å². The second-order valence-electron chi connectivity index (χ2n) is 2.60. The third-order valence-electron chi connectivity index (χ3n) is 1.25. The first-order valence-electron chi connectivity index (χ1n) is 3.52. The summed E-state index contributed by atoms with van der Waals surface area (Å²) < 4.78 is 0. The monoisotopic (exact) mass is 163 g/mol. The van der Waals surface area contributed by atoms with Crippen molar-refractivity contribution in [3.05, 3.63) is 0 Å². The molecular formula is C7H17NOS. The standard InChI is InChI=1S/C7H17NOS/c1-7(9)6-8(2)4-5-10-3/h7,9H,4-6H2,1-3H3. The Hall–Kier alpha value is 0.270. The Balaban J connectivity index is 3.16. The van der Waals surface area contributed by atoms with Crippen LogP contribution >= 0.6 is 11.8 Å². The molecule has 1 atom stereocenters. The minimum Gasteiger partial charge on any atom is -0.392 e. The van der Waals surface area contributed by atoms with Crippen molar-refractivity contribution >= 4 is 11.8 Å². The molecule has 10 heavy (non-hydrogen) atoms. The number of aliphatic hydroxyl groups excluding tert-OH is 1. The molecule has 0 amide bonds. The zero-order chi connectivity index (χ0) is 7.98. The lowest BCUT2D eigenvalue weighted by Crippen LogP contribution is -2.29. The van der Waals surface area contributed by atoms with E-state index in [-0.39, 0.29) is 6.10 Å². The maximum atomic E-state index is 8.97. The van der Waals surface area contributed by atoms with Crippen molar-refractivity contribution in [1.82, 2.24) is 4.90 Å². The van der Waals surface area contributed by atoms with Crippen LogP contribution in [0.25, 0.3) is 0 Å². The van der Waals surface area contributed by atoms with E-state index in [2.05, 4.69) is 11.2 Å². The van der Waals surface area contributed by atoms with Crippen LogP contribution < -0.4 is 0 Å². The van der Waals surface area contributed by atoms with Crippen molar-refractivity contribution in [3.8, 4) is 0 Å². The summed E-state index contributed by atoms with van der Waals surface area (Å²) in [5, 5.41) is 8.97. The van der Waals surface area contributed by atoms with E-state index >= 15 is 0 Å². The van der Waals surface area contributed by atoms with E-state index in [4.69, 9.17) is 5.11 Å². The molecule has 0 aliphatic heterocycles. The molecule has 0 rings (SSSR count). The molecule has 1 N–H and O–H groups in total. The summed E-state index contributed by atoms with van der Waals surface area (Å²) in [5.41, 5.74) is 0. The van der Waals surface area contributed by atoms with Gasteiger partial charge in [-0.05, 0) is 20.2 Å². The van der Waals surface area contributed by atoms with E-state index in [0.29, 0.717) is 0 Å². The van der Waals surface area contributed by atoms with Gasteiger partial charge in [-0.2, -0.15) is 11.8 Å². The van der Waals surface area contributed by atoms with Gasteiger partial charge in [0.2, 0.25) is 0 Å². The maximum absolute atomic E-state index is 8.97.